The number of ether oxygens (including phenoxy) is 1. The lowest BCUT2D eigenvalue weighted by Crippen LogP contribution is -2.17. The van der Waals surface area contributed by atoms with Crippen LogP contribution in [0.15, 0.2) is 36.4 Å². The Bertz CT molecular complexity index is 770. The standard InChI is InChI=1S/C14H7F6NO3/c15-13(16,17)11-6-8(12(22)23)5-10(21-11)7-2-1-3-9(4-7)24-14(18,19)20/h1-6H,(H,22,23). The van der Waals surface area contributed by atoms with E-state index in [1.165, 1.54) is 6.07 Å². The zero-order valence-electron chi connectivity index (χ0n) is 11.4. The lowest BCUT2D eigenvalue weighted by Gasteiger charge is -2.12. The molecule has 0 bridgehead atoms. The van der Waals surface area contributed by atoms with Crippen molar-refractivity contribution >= 4 is 5.97 Å². The molecule has 0 aliphatic carbocycles. The van der Waals surface area contributed by atoms with Crippen molar-refractivity contribution in [2.75, 3.05) is 0 Å². The van der Waals surface area contributed by atoms with Crippen LogP contribution in [0, 0.1) is 0 Å². The second-order valence-corrected chi connectivity index (χ2v) is 4.50. The highest BCUT2D eigenvalue weighted by molar-refractivity contribution is 5.89. The van der Waals surface area contributed by atoms with Crippen molar-refractivity contribution in [2.45, 2.75) is 12.5 Å². The minimum Gasteiger partial charge on any atom is -0.478 e. The predicted octanol–water partition coefficient (Wildman–Crippen LogP) is 4.36. The Morgan fingerprint density at radius 2 is 1.71 bits per heavy atom. The number of rotatable bonds is 3. The number of pyridine rings is 1. The summed E-state index contributed by atoms with van der Waals surface area (Å²) >= 11 is 0. The summed E-state index contributed by atoms with van der Waals surface area (Å²) in [7, 11) is 0. The van der Waals surface area contributed by atoms with Gasteiger partial charge >= 0.3 is 18.5 Å². The van der Waals surface area contributed by atoms with E-state index in [9.17, 15) is 31.1 Å². The van der Waals surface area contributed by atoms with Crippen molar-refractivity contribution in [3.8, 4) is 17.0 Å². The minimum atomic E-state index is -4.98. The second kappa shape index (κ2) is 6.02. The van der Waals surface area contributed by atoms with Crippen molar-refractivity contribution in [3.05, 3.63) is 47.7 Å². The fourth-order valence-corrected chi connectivity index (χ4v) is 1.80. The highest BCUT2D eigenvalue weighted by Gasteiger charge is 2.34. The van der Waals surface area contributed by atoms with Gasteiger partial charge in [0.1, 0.15) is 11.4 Å². The van der Waals surface area contributed by atoms with Gasteiger partial charge in [-0.1, -0.05) is 12.1 Å². The van der Waals surface area contributed by atoms with E-state index in [-0.39, 0.29) is 5.56 Å². The van der Waals surface area contributed by atoms with Gasteiger partial charge in [-0.2, -0.15) is 13.2 Å². The molecule has 4 nitrogen and oxygen atoms in total. The summed E-state index contributed by atoms with van der Waals surface area (Å²) in [5.41, 5.74) is -2.78. The van der Waals surface area contributed by atoms with Crippen molar-refractivity contribution < 1.29 is 41.0 Å². The lowest BCUT2D eigenvalue weighted by atomic mass is 10.1. The molecule has 0 fully saturated rings. The molecule has 1 aromatic carbocycles. The number of carboxylic acids is 1. The Balaban J connectivity index is 2.54. The van der Waals surface area contributed by atoms with Gasteiger partial charge in [-0.3, -0.25) is 0 Å². The average molecular weight is 351 g/mol. The first-order valence-corrected chi connectivity index (χ1v) is 6.14. The van der Waals surface area contributed by atoms with Crippen molar-refractivity contribution in [1.82, 2.24) is 4.98 Å². The summed E-state index contributed by atoms with van der Waals surface area (Å²) < 4.78 is 78.7. The molecule has 0 spiro atoms. The third kappa shape index (κ3) is 4.37. The zero-order chi connectivity index (χ0) is 18.1. The fourth-order valence-electron chi connectivity index (χ4n) is 1.80. The zero-order valence-corrected chi connectivity index (χ0v) is 11.4. The maximum absolute atomic E-state index is 12.8. The fraction of sp³-hybridized carbons (Fsp3) is 0.143. The minimum absolute atomic E-state index is 0.162. The number of aromatic nitrogens is 1. The Labute approximate surface area is 130 Å². The SMILES string of the molecule is O=C(O)c1cc(-c2cccc(OC(F)(F)F)c2)nc(C(F)(F)F)c1. The molecule has 128 valence electrons. The molecule has 0 atom stereocenters. The van der Waals surface area contributed by atoms with Crippen LogP contribution < -0.4 is 4.74 Å². The number of alkyl halides is 6. The van der Waals surface area contributed by atoms with Crippen LogP contribution in [0.4, 0.5) is 26.3 Å². The normalized spacial score (nSPS) is 12.1. The molecule has 2 rings (SSSR count). The van der Waals surface area contributed by atoms with Gasteiger partial charge in [-0.25, -0.2) is 9.78 Å². The molecule has 24 heavy (non-hydrogen) atoms. The summed E-state index contributed by atoms with van der Waals surface area (Å²) in [6, 6.07) is 5.20. The maximum atomic E-state index is 12.8. The maximum Gasteiger partial charge on any atom is 0.573 e. The predicted molar refractivity (Wildman–Crippen MR) is 68.3 cm³/mol. The molecule has 0 radical (unpaired) electrons. The molecular weight excluding hydrogens is 344 g/mol. The molecule has 0 amide bonds. The van der Waals surface area contributed by atoms with Gasteiger partial charge in [0, 0.05) is 5.56 Å². The molecule has 1 heterocycles. The van der Waals surface area contributed by atoms with Crippen LogP contribution >= 0.6 is 0 Å². The van der Waals surface area contributed by atoms with Crippen molar-refractivity contribution in [2.24, 2.45) is 0 Å². The molecule has 1 N–H and O–H groups in total. The van der Waals surface area contributed by atoms with Gasteiger partial charge in [0.25, 0.3) is 0 Å². The van der Waals surface area contributed by atoms with Crippen LogP contribution in [-0.2, 0) is 6.18 Å². The first-order valence-electron chi connectivity index (χ1n) is 6.14. The van der Waals surface area contributed by atoms with E-state index in [0.29, 0.717) is 6.07 Å². The number of aromatic carboxylic acids is 1. The molecule has 0 aliphatic rings. The highest BCUT2D eigenvalue weighted by atomic mass is 19.4. The third-order valence-corrected chi connectivity index (χ3v) is 2.73. The first kappa shape index (κ1) is 17.6. The third-order valence-electron chi connectivity index (χ3n) is 2.73. The highest BCUT2D eigenvalue weighted by Crippen LogP contribution is 2.32. The number of hydrogen-bond donors (Lipinski definition) is 1. The Kier molecular flexibility index (Phi) is 4.41. The van der Waals surface area contributed by atoms with Crippen LogP contribution in [0.2, 0.25) is 0 Å². The van der Waals surface area contributed by atoms with E-state index in [1.807, 2.05) is 0 Å². The molecule has 0 aliphatic heterocycles. The Hall–Kier alpha value is -2.78. The van der Waals surface area contributed by atoms with Crippen LogP contribution in [0.3, 0.4) is 0 Å². The summed E-state index contributed by atoms with van der Waals surface area (Å²) in [5.74, 6) is -2.30. The quantitative estimate of drug-likeness (QED) is 0.835. The Morgan fingerprint density at radius 1 is 1.04 bits per heavy atom. The van der Waals surface area contributed by atoms with Crippen LogP contribution in [0.1, 0.15) is 16.1 Å². The number of carbonyl (C=O) groups is 1. The van der Waals surface area contributed by atoms with Gasteiger partial charge in [-0.05, 0) is 24.3 Å². The Morgan fingerprint density at radius 3 is 2.25 bits per heavy atom. The van der Waals surface area contributed by atoms with Crippen LogP contribution in [-0.4, -0.2) is 22.4 Å². The molecule has 0 saturated carbocycles. The summed E-state index contributed by atoms with van der Waals surface area (Å²) in [5, 5.41) is 8.89. The van der Waals surface area contributed by atoms with Gasteiger partial charge in [-0.15, -0.1) is 13.2 Å². The molecular formula is C14H7F6NO3. The largest absolute Gasteiger partial charge is 0.573 e. The van der Waals surface area contributed by atoms with E-state index >= 15 is 0 Å². The summed E-state index contributed by atoms with van der Waals surface area (Å²) in [6.45, 7) is 0. The number of hydrogen-bond acceptors (Lipinski definition) is 3. The second-order valence-electron chi connectivity index (χ2n) is 4.50. The van der Waals surface area contributed by atoms with Crippen LogP contribution in [0.25, 0.3) is 11.3 Å². The van der Waals surface area contributed by atoms with E-state index in [2.05, 4.69) is 9.72 Å². The topological polar surface area (TPSA) is 59.4 Å². The molecule has 0 unspecified atom stereocenters. The number of halogens is 6. The first-order chi connectivity index (χ1) is 11.0. The summed E-state index contributed by atoms with van der Waals surface area (Å²) in [4.78, 5) is 14.2. The molecule has 10 heteroatoms. The van der Waals surface area contributed by atoms with E-state index < -0.39 is 41.2 Å². The molecule has 0 saturated heterocycles. The average Bonchev–Trinajstić information content (AvgIpc) is 2.44. The van der Waals surface area contributed by atoms with E-state index in [0.717, 1.165) is 24.3 Å². The molecule has 2 aromatic rings. The number of nitrogens with zero attached hydrogens (tertiary/aromatic N) is 1. The number of benzene rings is 1. The van der Waals surface area contributed by atoms with Gasteiger partial charge in [0.15, 0.2) is 0 Å². The summed E-state index contributed by atoms with van der Waals surface area (Å²) in [6.07, 6.45) is -9.90. The number of carboxylic acid groups (broad SMARTS) is 1. The van der Waals surface area contributed by atoms with Crippen LogP contribution in [0.5, 0.6) is 5.75 Å². The van der Waals surface area contributed by atoms with Crippen molar-refractivity contribution in [1.29, 1.82) is 0 Å². The molecule has 1 aromatic heterocycles. The smallest absolute Gasteiger partial charge is 0.478 e. The van der Waals surface area contributed by atoms with Gasteiger partial charge in [0.05, 0.1) is 11.3 Å². The van der Waals surface area contributed by atoms with Gasteiger partial charge in [0.2, 0.25) is 0 Å². The van der Waals surface area contributed by atoms with Crippen molar-refractivity contribution in [3.63, 3.8) is 0 Å². The van der Waals surface area contributed by atoms with E-state index in [4.69, 9.17) is 5.11 Å². The van der Waals surface area contributed by atoms with Gasteiger partial charge < -0.3 is 9.84 Å². The lowest BCUT2D eigenvalue weighted by molar-refractivity contribution is -0.274. The monoisotopic (exact) mass is 351 g/mol. The van der Waals surface area contributed by atoms with E-state index in [1.54, 1.807) is 0 Å².